The van der Waals surface area contributed by atoms with Crippen LogP contribution in [0.25, 0.3) is 6.08 Å². The number of carboxylic acids is 1. The summed E-state index contributed by atoms with van der Waals surface area (Å²) in [4.78, 5) is 24.5. The molecule has 1 amide bonds. The van der Waals surface area contributed by atoms with Crippen LogP contribution in [-0.4, -0.2) is 44.8 Å². The molecule has 1 aliphatic rings. The van der Waals surface area contributed by atoms with Crippen LogP contribution < -0.4 is 0 Å². The molecular weight excluding hydrogens is 246 g/mol. The average Bonchev–Trinajstić information content (AvgIpc) is 2.81. The molecule has 0 saturated carbocycles. The molecule has 102 valence electrons. The van der Waals surface area contributed by atoms with E-state index in [2.05, 4.69) is 5.10 Å². The molecule has 1 aromatic heterocycles. The molecule has 1 aliphatic heterocycles. The van der Waals surface area contributed by atoms with Crippen molar-refractivity contribution in [2.75, 3.05) is 13.1 Å². The molecule has 1 aromatic rings. The molecule has 1 N–H and O–H groups in total. The minimum absolute atomic E-state index is 0.146. The Kier molecular flexibility index (Phi) is 3.99. The van der Waals surface area contributed by atoms with E-state index < -0.39 is 11.9 Å². The van der Waals surface area contributed by atoms with Gasteiger partial charge in [-0.2, -0.15) is 5.10 Å². The van der Waals surface area contributed by atoms with Crippen LogP contribution in [0.2, 0.25) is 0 Å². The molecule has 0 spiro atoms. The number of hydrogen-bond donors (Lipinski definition) is 1. The predicted molar refractivity (Wildman–Crippen MR) is 69.2 cm³/mol. The third kappa shape index (κ3) is 3.21. The number of aryl methyl sites for hydroxylation is 1. The maximum absolute atomic E-state index is 12.0. The molecular formula is C13H17N3O3. The highest BCUT2D eigenvalue weighted by atomic mass is 16.4. The van der Waals surface area contributed by atoms with Gasteiger partial charge in [0.1, 0.15) is 0 Å². The average molecular weight is 263 g/mol. The van der Waals surface area contributed by atoms with E-state index in [1.807, 2.05) is 0 Å². The molecule has 0 aromatic carbocycles. The number of piperidine rings is 1. The van der Waals surface area contributed by atoms with Gasteiger partial charge in [0.25, 0.3) is 0 Å². The van der Waals surface area contributed by atoms with Crippen LogP contribution in [0.1, 0.15) is 18.5 Å². The van der Waals surface area contributed by atoms with Gasteiger partial charge in [0.15, 0.2) is 0 Å². The number of hydrogen-bond acceptors (Lipinski definition) is 3. The Morgan fingerprint density at radius 1 is 1.53 bits per heavy atom. The molecule has 1 saturated heterocycles. The van der Waals surface area contributed by atoms with E-state index in [-0.39, 0.29) is 5.91 Å². The number of carbonyl (C=O) groups excluding carboxylic acids is 1. The van der Waals surface area contributed by atoms with Gasteiger partial charge in [-0.1, -0.05) is 0 Å². The third-order valence-corrected chi connectivity index (χ3v) is 3.34. The fourth-order valence-electron chi connectivity index (χ4n) is 2.19. The van der Waals surface area contributed by atoms with Crippen molar-refractivity contribution in [1.29, 1.82) is 0 Å². The fourth-order valence-corrected chi connectivity index (χ4v) is 2.19. The second-order valence-corrected chi connectivity index (χ2v) is 4.67. The Bertz CT molecular complexity index is 507. The minimum Gasteiger partial charge on any atom is -0.481 e. The number of likely N-dealkylation sites (tertiary alicyclic amines) is 1. The molecule has 2 heterocycles. The summed E-state index contributed by atoms with van der Waals surface area (Å²) < 4.78 is 1.67. The van der Waals surface area contributed by atoms with E-state index in [0.29, 0.717) is 19.5 Å². The largest absolute Gasteiger partial charge is 0.481 e. The third-order valence-electron chi connectivity index (χ3n) is 3.34. The van der Waals surface area contributed by atoms with E-state index in [1.165, 1.54) is 6.08 Å². The van der Waals surface area contributed by atoms with Crippen LogP contribution in [0.5, 0.6) is 0 Å². The van der Waals surface area contributed by atoms with Gasteiger partial charge in [-0.15, -0.1) is 0 Å². The molecule has 1 atom stereocenters. The van der Waals surface area contributed by atoms with Gasteiger partial charge in [-0.25, -0.2) is 0 Å². The maximum atomic E-state index is 12.0. The molecule has 0 radical (unpaired) electrons. The summed E-state index contributed by atoms with van der Waals surface area (Å²) in [5.41, 5.74) is 0.833. The molecule has 0 bridgehead atoms. The van der Waals surface area contributed by atoms with E-state index in [1.54, 1.807) is 35.0 Å². The zero-order valence-corrected chi connectivity index (χ0v) is 10.8. The maximum Gasteiger partial charge on any atom is 0.308 e. The second-order valence-electron chi connectivity index (χ2n) is 4.67. The summed E-state index contributed by atoms with van der Waals surface area (Å²) in [6.07, 6.45) is 6.21. The van der Waals surface area contributed by atoms with Gasteiger partial charge < -0.3 is 10.0 Å². The monoisotopic (exact) mass is 263 g/mol. The van der Waals surface area contributed by atoms with Gasteiger partial charge in [0, 0.05) is 32.4 Å². The zero-order valence-electron chi connectivity index (χ0n) is 10.8. The van der Waals surface area contributed by atoms with Crippen molar-refractivity contribution in [2.45, 2.75) is 12.8 Å². The lowest BCUT2D eigenvalue weighted by molar-refractivity contribution is -0.144. The van der Waals surface area contributed by atoms with E-state index >= 15 is 0 Å². The molecule has 0 unspecified atom stereocenters. The zero-order chi connectivity index (χ0) is 13.8. The number of rotatable bonds is 3. The van der Waals surface area contributed by atoms with Gasteiger partial charge in [0.05, 0.1) is 11.6 Å². The van der Waals surface area contributed by atoms with Crippen LogP contribution in [0.4, 0.5) is 0 Å². The smallest absolute Gasteiger partial charge is 0.308 e. The number of aliphatic carboxylic acids is 1. The Morgan fingerprint density at radius 2 is 2.32 bits per heavy atom. The van der Waals surface area contributed by atoms with E-state index in [0.717, 1.165) is 12.1 Å². The van der Waals surface area contributed by atoms with Crippen molar-refractivity contribution in [3.63, 3.8) is 0 Å². The topological polar surface area (TPSA) is 75.4 Å². The summed E-state index contributed by atoms with van der Waals surface area (Å²) in [5, 5.41) is 13.0. The lowest BCUT2D eigenvalue weighted by Crippen LogP contribution is -2.41. The lowest BCUT2D eigenvalue weighted by atomic mass is 9.98. The molecule has 1 fully saturated rings. The highest BCUT2D eigenvalue weighted by molar-refractivity contribution is 5.92. The number of carbonyl (C=O) groups is 2. The summed E-state index contributed by atoms with van der Waals surface area (Å²) in [7, 11) is 1.80. The first kappa shape index (κ1) is 13.3. The second kappa shape index (κ2) is 5.69. The lowest BCUT2D eigenvalue weighted by Gasteiger charge is -2.29. The quantitative estimate of drug-likeness (QED) is 0.817. The van der Waals surface area contributed by atoms with Crippen molar-refractivity contribution in [3.8, 4) is 0 Å². The first-order valence-electron chi connectivity index (χ1n) is 6.25. The van der Waals surface area contributed by atoms with E-state index in [9.17, 15) is 9.59 Å². The van der Waals surface area contributed by atoms with Crippen LogP contribution in [0.3, 0.4) is 0 Å². The van der Waals surface area contributed by atoms with Crippen molar-refractivity contribution < 1.29 is 14.7 Å². The van der Waals surface area contributed by atoms with Gasteiger partial charge in [-0.3, -0.25) is 14.3 Å². The number of nitrogens with zero attached hydrogens (tertiary/aromatic N) is 3. The standard InChI is InChI=1S/C13H17N3O3/c1-15-11(6-7-14-15)4-5-12(17)16-8-2-3-10(9-16)13(18)19/h4-7,10H,2-3,8-9H2,1H3,(H,18,19)/b5-4+/t10-/m0/s1. The summed E-state index contributed by atoms with van der Waals surface area (Å²) in [6.45, 7) is 0.919. The number of aromatic nitrogens is 2. The first-order valence-corrected chi connectivity index (χ1v) is 6.25. The molecule has 0 aliphatic carbocycles. The van der Waals surface area contributed by atoms with Crippen molar-refractivity contribution in [1.82, 2.24) is 14.7 Å². The SMILES string of the molecule is Cn1nccc1/C=C/C(=O)N1CCC[C@H](C(=O)O)C1. The van der Waals surface area contributed by atoms with Crippen molar-refractivity contribution in [3.05, 3.63) is 24.0 Å². The van der Waals surface area contributed by atoms with Gasteiger partial charge >= 0.3 is 5.97 Å². The minimum atomic E-state index is -0.826. The summed E-state index contributed by atoms with van der Waals surface area (Å²) in [5.74, 6) is -1.41. The normalized spacial score (nSPS) is 19.8. The fraction of sp³-hybridized carbons (Fsp3) is 0.462. The highest BCUT2D eigenvalue weighted by Gasteiger charge is 2.27. The van der Waals surface area contributed by atoms with Gasteiger partial charge in [-0.05, 0) is 25.0 Å². The van der Waals surface area contributed by atoms with Crippen molar-refractivity contribution >= 4 is 18.0 Å². The number of amides is 1. The summed E-state index contributed by atoms with van der Waals surface area (Å²) in [6, 6.07) is 1.81. The Balaban J connectivity index is 1.98. The Hall–Kier alpha value is -2.11. The number of carboxylic acid groups (broad SMARTS) is 1. The Labute approximate surface area is 111 Å². The summed E-state index contributed by atoms with van der Waals surface area (Å²) >= 11 is 0. The predicted octanol–water partition coefficient (Wildman–Crippen LogP) is 0.756. The van der Waals surface area contributed by atoms with Crippen molar-refractivity contribution in [2.24, 2.45) is 13.0 Å². The molecule has 2 rings (SSSR count). The van der Waals surface area contributed by atoms with Crippen LogP contribution in [-0.2, 0) is 16.6 Å². The van der Waals surface area contributed by atoms with Crippen LogP contribution in [0, 0.1) is 5.92 Å². The van der Waals surface area contributed by atoms with Crippen LogP contribution >= 0.6 is 0 Å². The van der Waals surface area contributed by atoms with E-state index in [4.69, 9.17) is 5.11 Å². The van der Waals surface area contributed by atoms with Crippen LogP contribution in [0.15, 0.2) is 18.3 Å². The molecule has 6 heteroatoms. The first-order chi connectivity index (χ1) is 9.08. The molecule has 19 heavy (non-hydrogen) atoms. The molecule has 6 nitrogen and oxygen atoms in total. The Morgan fingerprint density at radius 3 is 2.95 bits per heavy atom. The van der Waals surface area contributed by atoms with Gasteiger partial charge in [0.2, 0.25) is 5.91 Å². The highest BCUT2D eigenvalue weighted by Crippen LogP contribution is 2.17.